The second-order valence-electron chi connectivity index (χ2n) is 3.18. The first-order chi connectivity index (χ1) is 7.27. The summed E-state index contributed by atoms with van der Waals surface area (Å²) in [7, 11) is 0. The molecule has 2 rings (SSSR count). The van der Waals surface area contributed by atoms with Gasteiger partial charge >= 0.3 is 0 Å². The average Bonchev–Trinajstić information content (AvgIpc) is 2.29. The van der Waals surface area contributed by atoms with Gasteiger partial charge in [0.1, 0.15) is 11.5 Å². The molecule has 0 saturated heterocycles. The molecule has 2 aromatic rings. The van der Waals surface area contributed by atoms with E-state index in [0.717, 1.165) is 0 Å². The fourth-order valence-corrected chi connectivity index (χ4v) is 1.32. The number of benzene rings is 1. The van der Waals surface area contributed by atoms with Gasteiger partial charge in [-0.2, -0.15) is 0 Å². The van der Waals surface area contributed by atoms with Crippen molar-refractivity contribution in [2.75, 3.05) is 0 Å². The normalized spacial score (nSPS) is 9.93. The summed E-state index contributed by atoms with van der Waals surface area (Å²) < 4.78 is 0. The lowest BCUT2D eigenvalue weighted by Gasteiger charge is -2.00. The van der Waals surface area contributed by atoms with Gasteiger partial charge in [0.2, 0.25) is 5.78 Å². The third-order valence-corrected chi connectivity index (χ3v) is 2.04. The van der Waals surface area contributed by atoms with E-state index in [-0.39, 0.29) is 5.78 Å². The molecule has 0 atom stereocenters. The molecule has 0 unspecified atom stereocenters. The molecule has 0 fully saturated rings. The molecule has 3 heteroatoms. The Kier molecular flexibility index (Phi) is 2.54. The molecule has 0 aliphatic heterocycles. The minimum Gasteiger partial charge on any atom is -0.287 e. The Morgan fingerprint density at radius 1 is 1.13 bits per heavy atom. The zero-order valence-corrected chi connectivity index (χ0v) is 8.34. The highest BCUT2D eigenvalue weighted by Gasteiger charge is 2.09. The Hall–Kier alpha value is -2.03. The standard InChI is InChI=1S/C12H10N2O/c1-9-13-8-7-11(14-9)12(15)10-5-3-2-4-6-10/h2-8H,1H3. The number of carbonyl (C=O) groups excluding carboxylic acids is 1. The molecule has 0 aliphatic rings. The van der Waals surface area contributed by atoms with E-state index in [0.29, 0.717) is 17.1 Å². The molecular formula is C12H10N2O. The second-order valence-corrected chi connectivity index (χ2v) is 3.18. The molecule has 0 amide bonds. The molecule has 0 radical (unpaired) electrons. The lowest BCUT2D eigenvalue weighted by atomic mass is 10.1. The van der Waals surface area contributed by atoms with Crippen LogP contribution in [-0.2, 0) is 0 Å². The lowest BCUT2D eigenvalue weighted by Crippen LogP contribution is -2.05. The molecule has 74 valence electrons. The van der Waals surface area contributed by atoms with E-state index in [9.17, 15) is 4.79 Å². The molecule has 1 aromatic carbocycles. The van der Waals surface area contributed by atoms with Crippen LogP contribution in [0.5, 0.6) is 0 Å². The van der Waals surface area contributed by atoms with Crippen LogP contribution in [0.2, 0.25) is 0 Å². The van der Waals surface area contributed by atoms with Gasteiger partial charge in [-0.15, -0.1) is 0 Å². The van der Waals surface area contributed by atoms with Crippen molar-refractivity contribution in [1.29, 1.82) is 0 Å². The van der Waals surface area contributed by atoms with E-state index in [1.54, 1.807) is 31.3 Å². The zero-order valence-electron chi connectivity index (χ0n) is 8.34. The van der Waals surface area contributed by atoms with Gasteiger partial charge in [-0.25, -0.2) is 9.97 Å². The highest BCUT2D eigenvalue weighted by molar-refractivity contribution is 6.07. The summed E-state index contributed by atoms with van der Waals surface area (Å²) in [6, 6.07) is 10.7. The van der Waals surface area contributed by atoms with Crippen molar-refractivity contribution >= 4 is 5.78 Å². The number of ketones is 1. The van der Waals surface area contributed by atoms with Gasteiger partial charge in [0.05, 0.1) is 0 Å². The van der Waals surface area contributed by atoms with Crippen LogP contribution in [0.1, 0.15) is 21.9 Å². The smallest absolute Gasteiger partial charge is 0.211 e. The topological polar surface area (TPSA) is 42.9 Å². The number of rotatable bonds is 2. The summed E-state index contributed by atoms with van der Waals surface area (Å²) in [4.78, 5) is 19.9. The zero-order chi connectivity index (χ0) is 10.7. The largest absolute Gasteiger partial charge is 0.287 e. The van der Waals surface area contributed by atoms with Crippen molar-refractivity contribution < 1.29 is 4.79 Å². The maximum Gasteiger partial charge on any atom is 0.211 e. The van der Waals surface area contributed by atoms with Crippen molar-refractivity contribution in [3.05, 3.63) is 59.7 Å². The Labute approximate surface area is 87.8 Å². The van der Waals surface area contributed by atoms with Crippen LogP contribution in [-0.4, -0.2) is 15.8 Å². The summed E-state index contributed by atoms with van der Waals surface area (Å²) in [6.45, 7) is 1.77. The number of aromatic nitrogens is 2. The van der Waals surface area contributed by atoms with Crippen LogP contribution in [0.25, 0.3) is 0 Å². The monoisotopic (exact) mass is 198 g/mol. The number of nitrogens with zero attached hydrogens (tertiary/aromatic N) is 2. The summed E-state index contributed by atoms with van der Waals surface area (Å²) in [5.74, 6) is 0.540. The molecule has 1 heterocycles. The van der Waals surface area contributed by atoms with Crippen LogP contribution < -0.4 is 0 Å². The third-order valence-electron chi connectivity index (χ3n) is 2.04. The number of hydrogen-bond donors (Lipinski definition) is 0. The quantitative estimate of drug-likeness (QED) is 0.693. The summed E-state index contributed by atoms with van der Waals surface area (Å²) >= 11 is 0. The Morgan fingerprint density at radius 2 is 1.87 bits per heavy atom. The highest BCUT2D eigenvalue weighted by Crippen LogP contribution is 2.06. The number of hydrogen-bond acceptors (Lipinski definition) is 3. The van der Waals surface area contributed by atoms with E-state index in [4.69, 9.17) is 0 Å². The van der Waals surface area contributed by atoms with Gasteiger partial charge in [0.15, 0.2) is 0 Å². The van der Waals surface area contributed by atoms with Crippen LogP contribution in [0, 0.1) is 6.92 Å². The van der Waals surface area contributed by atoms with E-state index in [2.05, 4.69) is 9.97 Å². The van der Waals surface area contributed by atoms with Crippen molar-refractivity contribution in [3.63, 3.8) is 0 Å². The van der Waals surface area contributed by atoms with E-state index >= 15 is 0 Å². The molecular weight excluding hydrogens is 188 g/mol. The predicted molar refractivity (Wildman–Crippen MR) is 56.6 cm³/mol. The van der Waals surface area contributed by atoms with Crippen LogP contribution in [0.15, 0.2) is 42.6 Å². The highest BCUT2D eigenvalue weighted by atomic mass is 16.1. The molecule has 0 N–H and O–H groups in total. The number of aryl methyl sites for hydroxylation is 1. The first-order valence-corrected chi connectivity index (χ1v) is 4.67. The molecule has 0 saturated carbocycles. The fourth-order valence-electron chi connectivity index (χ4n) is 1.32. The van der Waals surface area contributed by atoms with Crippen molar-refractivity contribution in [2.45, 2.75) is 6.92 Å². The Bertz CT molecular complexity index is 480. The van der Waals surface area contributed by atoms with Gasteiger partial charge in [0, 0.05) is 11.8 Å². The van der Waals surface area contributed by atoms with Crippen molar-refractivity contribution in [3.8, 4) is 0 Å². The van der Waals surface area contributed by atoms with Gasteiger partial charge in [0.25, 0.3) is 0 Å². The molecule has 0 aliphatic carbocycles. The third kappa shape index (κ3) is 2.07. The Balaban J connectivity index is 2.37. The van der Waals surface area contributed by atoms with Crippen molar-refractivity contribution in [1.82, 2.24) is 9.97 Å². The molecule has 0 spiro atoms. The molecule has 15 heavy (non-hydrogen) atoms. The minimum atomic E-state index is -0.0684. The molecule has 0 bridgehead atoms. The van der Waals surface area contributed by atoms with Gasteiger partial charge in [-0.1, -0.05) is 30.3 Å². The lowest BCUT2D eigenvalue weighted by molar-refractivity contribution is 0.103. The van der Waals surface area contributed by atoms with Crippen molar-refractivity contribution in [2.24, 2.45) is 0 Å². The second kappa shape index (κ2) is 4.00. The van der Waals surface area contributed by atoms with Gasteiger partial charge in [-0.3, -0.25) is 4.79 Å². The van der Waals surface area contributed by atoms with E-state index in [1.807, 2.05) is 18.2 Å². The van der Waals surface area contributed by atoms with Crippen LogP contribution in [0.4, 0.5) is 0 Å². The van der Waals surface area contributed by atoms with Gasteiger partial charge < -0.3 is 0 Å². The van der Waals surface area contributed by atoms with Crippen LogP contribution in [0.3, 0.4) is 0 Å². The van der Waals surface area contributed by atoms with E-state index < -0.39 is 0 Å². The number of carbonyl (C=O) groups is 1. The Morgan fingerprint density at radius 3 is 2.53 bits per heavy atom. The predicted octanol–water partition coefficient (Wildman–Crippen LogP) is 2.02. The first-order valence-electron chi connectivity index (χ1n) is 4.67. The maximum absolute atomic E-state index is 11.9. The summed E-state index contributed by atoms with van der Waals surface area (Å²) in [5, 5.41) is 0. The first kappa shape index (κ1) is 9.52. The van der Waals surface area contributed by atoms with Gasteiger partial charge in [-0.05, 0) is 13.0 Å². The molecule has 3 nitrogen and oxygen atoms in total. The minimum absolute atomic E-state index is 0.0684. The average molecular weight is 198 g/mol. The molecule has 1 aromatic heterocycles. The van der Waals surface area contributed by atoms with Crippen LogP contribution >= 0.6 is 0 Å². The van der Waals surface area contributed by atoms with E-state index in [1.165, 1.54) is 0 Å². The maximum atomic E-state index is 11.9. The SMILES string of the molecule is Cc1nccc(C(=O)c2ccccc2)n1. The summed E-state index contributed by atoms with van der Waals surface area (Å²) in [6.07, 6.45) is 1.60. The fraction of sp³-hybridized carbons (Fsp3) is 0.0833. The summed E-state index contributed by atoms with van der Waals surface area (Å²) in [5.41, 5.74) is 1.09.